The van der Waals surface area contributed by atoms with Gasteiger partial charge in [0.1, 0.15) is 0 Å². The first-order valence-electron chi connectivity index (χ1n) is 9.56. The third-order valence-corrected chi connectivity index (χ3v) is 6.79. The Balaban J connectivity index is 1.97. The van der Waals surface area contributed by atoms with E-state index in [1.54, 1.807) is 0 Å². The first-order chi connectivity index (χ1) is 11.6. The summed E-state index contributed by atoms with van der Waals surface area (Å²) in [6.45, 7) is 10.4. The Labute approximate surface area is 151 Å². The lowest BCUT2D eigenvalue weighted by atomic mass is 9.50. The molecule has 0 amide bonds. The molecule has 0 heterocycles. The van der Waals surface area contributed by atoms with Crippen molar-refractivity contribution in [3.63, 3.8) is 0 Å². The van der Waals surface area contributed by atoms with Crippen LogP contribution < -0.4 is 0 Å². The van der Waals surface area contributed by atoms with Crippen molar-refractivity contribution in [1.29, 1.82) is 0 Å². The highest BCUT2D eigenvalue weighted by Crippen LogP contribution is 2.57. The third kappa shape index (κ3) is 3.23. The molecule has 2 aliphatic carbocycles. The lowest BCUT2D eigenvalue weighted by Gasteiger charge is -2.55. The quantitative estimate of drug-likeness (QED) is 0.822. The number of carbonyl (C=O) groups is 1. The van der Waals surface area contributed by atoms with Gasteiger partial charge in [-0.1, -0.05) is 38.5 Å². The zero-order valence-corrected chi connectivity index (χ0v) is 16.3. The molecular weight excluding hydrogens is 312 g/mol. The molecule has 0 bridgehead atoms. The van der Waals surface area contributed by atoms with Gasteiger partial charge in [0.15, 0.2) is 0 Å². The molecule has 2 aliphatic rings. The Bertz CT molecular complexity index is 672. The van der Waals surface area contributed by atoms with Crippen LogP contribution in [0.2, 0.25) is 0 Å². The molecule has 0 saturated heterocycles. The Kier molecular flexibility index (Phi) is 4.51. The van der Waals surface area contributed by atoms with E-state index in [1.165, 1.54) is 24.5 Å². The molecule has 3 nitrogen and oxygen atoms in total. The standard InChI is InChI=1S/C22H32O3/c1-15(23)25-14-21(4)11-6-12-22(5)18-9-8-17(20(2,3)24)13-16(18)7-10-19(21)22/h8-9,13,19,24H,6-7,10-12,14H2,1-5H3. The van der Waals surface area contributed by atoms with Crippen molar-refractivity contribution in [2.75, 3.05) is 6.61 Å². The molecule has 3 atom stereocenters. The second kappa shape index (κ2) is 6.12. The molecule has 0 aromatic heterocycles. The number of benzene rings is 1. The smallest absolute Gasteiger partial charge is 0.302 e. The van der Waals surface area contributed by atoms with Crippen LogP contribution in [-0.2, 0) is 27.0 Å². The number of fused-ring (bicyclic) bond motifs is 3. The molecule has 3 rings (SSSR count). The fraction of sp³-hybridized carbons (Fsp3) is 0.682. The van der Waals surface area contributed by atoms with Gasteiger partial charge in [-0.25, -0.2) is 0 Å². The molecule has 0 aliphatic heterocycles. The van der Waals surface area contributed by atoms with Gasteiger partial charge in [-0.2, -0.15) is 0 Å². The molecule has 1 aromatic carbocycles. The lowest BCUT2D eigenvalue weighted by Crippen LogP contribution is -2.51. The molecular formula is C22H32O3. The summed E-state index contributed by atoms with van der Waals surface area (Å²) in [7, 11) is 0. The normalized spacial score (nSPS) is 31.8. The minimum Gasteiger partial charge on any atom is -0.465 e. The second-order valence-corrected chi connectivity index (χ2v) is 9.23. The predicted molar refractivity (Wildman–Crippen MR) is 99.4 cm³/mol. The summed E-state index contributed by atoms with van der Waals surface area (Å²) in [5, 5.41) is 10.3. The maximum atomic E-state index is 11.4. The number of aryl methyl sites for hydroxylation is 1. The number of carbonyl (C=O) groups excluding carboxylic acids is 1. The van der Waals surface area contributed by atoms with Crippen LogP contribution in [0.5, 0.6) is 0 Å². The SMILES string of the molecule is CC(=O)OCC1(C)CCCC2(C)c3ccc(C(C)(C)O)cc3CCC12. The number of aliphatic hydroxyl groups is 1. The first-order valence-corrected chi connectivity index (χ1v) is 9.56. The van der Waals surface area contributed by atoms with Gasteiger partial charge in [0.25, 0.3) is 0 Å². The van der Waals surface area contributed by atoms with Crippen LogP contribution in [0.15, 0.2) is 18.2 Å². The van der Waals surface area contributed by atoms with Crippen LogP contribution in [-0.4, -0.2) is 17.7 Å². The predicted octanol–water partition coefficient (Wildman–Crippen LogP) is 4.49. The molecule has 1 N–H and O–H groups in total. The van der Waals surface area contributed by atoms with Crippen LogP contribution in [0.3, 0.4) is 0 Å². The van der Waals surface area contributed by atoms with Gasteiger partial charge in [-0.05, 0) is 67.6 Å². The fourth-order valence-electron chi connectivity index (χ4n) is 5.44. The van der Waals surface area contributed by atoms with Crippen molar-refractivity contribution in [2.24, 2.45) is 11.3 Å². The average Bonchev–Trinajstić information content (AvgIpc) is 2.51. The number of hydrogen-bond acceptors (Lipinski definition) is 3. The minimum atomic E-state index is -0.802. The van der Waals surface area contributed by atoms with Crippen LogP contribution >= 0.6 is 0 Å². The maximum Gasteiger partial charge on any atom is 0.302 e. The Morgan fingerprint density at radius 1 is 1.32 bits per heavy atom. The third-order valence-electron chi connectivity index (χ3n) is 6.79. The summed E-state index contributed by atoms with van der Waals surface area (Å²) >= 11 is 0. The number of rotatable bonds is 3. The van der Waals surface area contributed by atoms with Crippen molar-refractivity contribution in [2.45, 2.75) is 77.7 Å². The topological polar surface area (TPSA) is 46.5 Å². The Morgan fingerprint density at radius 2 is 2.04 bits per heavy atom. The lowest BCUT2D eigenvalue weighted by molar-refractivity contribution is -0.148. The maximum absolute atomic E-state index is 11.4. The van der Waals surface area contributed by atoms with Crippen LogP contribution in [0.1, 0.15) is 77.0 Å². The highest BCUT2D eigenvalue weighted by atomic mass is 16.5. The summed E-state index contributed by atoms with van der Waals surface area (Å²) in [4.78, 5) is 11.4. The minimum absolute atomic E-state index is 0.0469. The highest BCUT2D eigenvalue weighted by Gasteiger charge is 2.52. The summed E-state index contributed by atoms with van der Waals surface area (Å²) in [6, 6.07) is 6.53. The average molecular weight is 344 g/mol. The number of esters is 1. The van der Waals surface area contributed by atoms with E-state index in [-0.39, 0.29) is 16.8 Å². The van der Waals surface area contributed by atoms with E-state index in [1.807, 2.05) is 13.8 Å². The Hall–Kier alpha value is -1.35. The van der Waals surface area contributed by atoms with Gasteiger partial charge in [0, 0.05) is 12.3 Å². The molecule has 1 aromatic rings. The van der Waals surface area contributed by atoms with Crippen LogP contribution in [0.25, 0.3) is 0 Å². The Morgan fingerprint density at radius 3 is 2.68 bits per heavy atom. The molecule has 138 valence electrons. The summed E-state index contributed by atoms with van der Waals surface area (Å²) < 4.78 is 5.46. The largest absolute Gasteiger partial charge is 0.465 e. The van der Waals surface area contributed by atoms with Gasteiger partial charge in [-0.3, -0.25) is 4.79 Å². The van der Waals surface area contributed by atoms with Gasteiger partial charge < -0.3 is 9.84 Å². The van der Waals surface area contributed by atoms with Crippen molar-refractivity contribution in [3.05, 3.63) is 34.9 Å². The summed E-state index contributed by atoms with van der Waals surface area (Å²) in [6.07, 6.45) is 5.63. The summed E-state index contributed by atoms with van der Waals surface area (Å²) in [5.74, 6) is 0.341. The molecule has 1 saturated carbocycles. The highest BCUT2D eigenvalue weighted by molar-refractivity contribution is 5.65. The van der Waals surface area contributed by atoms with E-state index in [0.29, 0.717) is 12.5 Å². The van der Waals surface area contributed by atoms with Crippen molar-refractivity contribution in [1.82, 2.24) is 0 Å². The van der Waals surface area contributed by atoms with E-state index in [2.05, 4.69) is 32.0 Å². The van der Waals surface area contributed by atoms with Crippen molar-refractivity contribution in [3.8, 4) is 0 Å². The van der Waals surface area contributed by atoms with E-state index in [0.717, 1.165) is 31.2 Å². The van der Waals surface area contributed by atoms with Gasteiger partial charge in [0.05, 0.1) is 12.2 Å². The zero-order chi connectivity index (χ0) is 18.5. The fourth-order valence-corrected chi connectivity index (χ4v) is 5.44. The van der Waals surface area contributed by atoms with E-state index < -0.39 is 5.60 Å². The molecule has 1 fully saturated rings. The molecule has 0 spiro atoms. The van der Waals surface area contributed by atoms with Crippen molar-refractivity contribution >= 4 is 5.97 Å². The van der Waals surface area contributed by atoms with Gasteiger partial charge in [0.2, 0.25) is 0 Å². The molecule has 3 unspecified atom stereocenters. The van der Waals surface area contributed by atoms with E-state index >= 15 is 0 Å². The van der Waals surface area contributed by atoms with Crippen LogP contribution in [0, 0.1) is 11.3 Å². The van der Waals surface area contributed by atoms with E-state index in [9.17, 15) is 9.90 Å². The first kappa shape index (κ1) is 18.4. The molecule has 0 radical (unpaired) electrons. The number of hydrogen-bond donors (Lipinski definition) is 1. The molecule has 25 heavy (non-hydrogen) atoms. The zero-order valence-electron chi connectivity index (χ0n) is 16.3. The summed E-state index contributed by atoms with van der Waals surface area (Å²) in [5.41, 5.74) is 3.18. The second-order valence-electron chi connectivity index (χ2n) is 9.23. The molecule has 3 heteroatoms. The van der Waals surface area contributed by atoms with Crippen molar-refractivity contribution < 1.29 is 14.6 Å². The van der Waals surface area contributed by atoms with Gasteiger partial charge in [-0.15, -0.1) is 0 Å². The van der Waals surface area contributed by atoms with Crippen LogP contribution in [0.4, 0.5) is 0 Å². The number of ether oxygens (including phenoxy) is 1. The monoisotopic (exact) mass is 344 g/mol. The van der Waals surface area contributed by atoms with Gasteiger partial charge >= 0.3 is 5.97 Å². The van der Waals surface area contributed by atoms with E-state index in [4.69, 9.17) is 4.74 Å².